The molecule has 8 nitrogen and oxygen atoms in total. The van der Waals surface area contributed by atoms with Gasteiger partial charge in [0.2, 0.25) is 11.8 Å². The molecule has 2 aliphatic rings. The van der Waals surface area contributed by atoms with Crippen LogP contribution in [-0.4, -0.2) is 35.2 Å². The second-order valence-corrected chi connectivity index (χ2v) is 15.3. The van der Waals surface area contributed by atoms with Crippen molar-refractivity contribution in [1.29, 1.82) is 0 Å². The molecule has 0 saturated heterocycles. The molecule has 6 rings (SSSR count). The van der Waals surface area contributed by atoms with Crippen LogP contribution in [0.15, 0.2) is 71.6 Å². The van der Waals surface area contributed by atoms with Crippen molar-refractivity contribution < 1.29 is 17.9 Å². The minimum atomic E-state index is -4.13. The van der Waals surface area contributed by atoms with Crippen LogP contribution >= 0.6 is 0 Å². The quantitative estimate of drug-likeness (QED) is 0.256. The highest BCUT2D eigenvalue weighted by molar-refractivity contribution is 7.92. The SMILES string of the molecule is Cc1cccc(C)c1-c1cc2nc(n1)NS(=O)(=O)c1cccc(c1)C(=O)N1Cc3cc(C(C)(C)C)ccc3[C@@H](O2)[C@H]1CC(C)C. The van der Waals surface area contributed by atoms with Gasteiger partial charge in [-0.2, -0.15) is 4.98 Å². The predicted octanol–water partition coefficient (Wildman–Crippen LogP) is 7.36. The maximum atomic E-state index is 14.3. The second-order valence-electron chi connectivity index (χ2n) is 13.6. The number of anilines is 1. The number of fused-ring (bicyclic) bond motifs is 8. The molecule has 2 atom stereocenters. The van der Waals surface area contributed by atoms with Crippen LogP contribution in [0.1, 0.15) is 85.3 Å². The minimum absolute atomic E-state index is 0.0412. The van der Waals surface area contributed by atoms with Crippen molar-refractivity contribution in [2.75, 3.05) is 4.72 Å². The van der Waals surface area contributed by atoms with Crippen LogP contribution < -0.4 is 9.46 Å². The molecule has 234 valence electrons. The number of nitrogens with zero attached hydrogens (tertiary/aromatic N) is 3. The maximum Gasteiger partial charge on any atom is 0.264 e. The topological polar surface area (TPSA) is 101 Å². The van der Waals surface area contributed by atoms with Gasteiger partial charge in [-0.1, -0.05) is 77.1 Å². The van der Waals surface area contributed by atoms with Gasteiger partial charge in [-0.3, -0.25) is 4.79 Å². The number of amides is 1. The lowest BCUT2D eigenvalue weighted by Gasteiger charge is -2.43. The first-order chi connectivity index (χ1) is 21.2. The molecule has 0 fully saturated rings. The molecule has 0 radical (unpaired) electrons. The molecule has 1 N–H and O–H groups in total. The summed E-state index contributed by atoms with van der Waals surface area (Å²) >= 11 is 0. The summed E-state index contributed by atoms with van der Waals surface area (Å²) in [6, 6.07) is 20.0. The zero-order valence-electron chi connectivity index (χ0n) is 26.9. The van der Waals surface area contributed by atoms with E-state index in [0.717, 1.165) is 33.4 Å². The lowest BCUT2D eigenvalue weighted by atomic mass is 9.81. The number of rotatable bonds is 3. The fraction of sp³-hybridized carbons (Fsp3) is 0.361. The van der Waals surface area contributed by atoms with E-state index in [0.29, 0.717) is 24.2 Å². The third kappa shape index (κ3) is 5.93. The summed E-state index contributed by atoms with van der Waals surface area (Å²) in [5.74, 6) is 0.135. The first-order valence-electron chi connectivity index (χ1n) is 15.4. The molecule has 9 heteroatoms. The van der Waals surface area contributed by atoms with Gasteiger partial charge in [0.05, 0.1) is 16.6 Å². The maximum absolute atomic E-state index is 14.3. The molecule has 0 spiro atoms. The summed E-state index contributed by atoms with van der Waals surface area (Å²) in [6.07, 6.45) is 0.123. The fourth-order valence-electron chi connectivity index (χ4n) is 6.41. The first-order valence-corrected chi connectivity index (χ1v) is 16.9. The van der Waals surface area contributed by atoms with Gasteiger partial charge >= 0.3 is 0 Å². The fourth-order valence-corrected chi connectivity index (χ4v) is 7.39. The number of carbonyl (C=O) groups excluding carboxylic acids is 1. The molecule has 0 unspecified atom stereocenters. The molecular weight excluding hydrogens is 584 g/mol. The molecule has 2 aliphatic heterocycles. The summed E-state index contributed by atoms with van der Waals surface area (Å²) in [5.41, 5.74) is 6.77. The largest absolute Gasteiger partial charge is 0.467 e. The molecule has 4 aromatic rings. The standard InChI is InChI=1S/C36H40N4O4S/c1-21(2)16-30-33-28-15-14-26(36(5,6)7)17-25(28)20-40(30)34(41)24-12-9-13-27(18-24)45(42,43)39-35-37-29(19-31(38-35)44-33)32-22(3)10-8-11-23(32)4/h8-15,17-19,21,30,33H,16,20H2,1-7H3,(H,37,38,39)/t30-,33-/m1/s1. The van der Waals surface area contributed by atoms with Crippen LogP contribution in [0.5, 0.6) is 5.88 Å². The third-order valence-electron chi connectivity index (χ3n) is 8.68. The van der Waals surface area contributed by atoms with E-state index in [2.05, 4.69) is 67.5 Å². The van der Waals surface area contributed by atoms with Crippen LogP contribution in [0.2, 0.25) is 0 Å². The number of aromatic nitrogens is 2. The Morgan fingerprint density at radius 1 is 0.978 bits per heavy atom. The van der Waals surface area contributed by atoms with E-state index in [4.69, 9.17) is 4.74 Å². The molecule has 1 amide bonds. The predicted molar refractivity (Wildman–Crippen MR) is 176 cm³/mol. The number of carbonyl (C=O) groups is 1. The first kappa shape index (κ1) is 30.8. The van der Waals surface area contributed by atoms with Gasteiger partial charge in [-0.05, 0) is 77.6 Å². The van der Waals surface area contributed by atoms with Crippen molar-refractivity contribution in [3.05, 3.63) is 100 Å². The molecule has 0 aliphatic carbocycles. The summed E-state index contributed by atoms with van der Waals surface area (Å²) in [4.78, 5) is 25.4. The Hall–Kier alpha value is -4.24. The molecule has 6 bridgehead atoms. The van der Waals surface area contributed by atoms with Crippen LogP contribution in [-0.2, 0) is 22.0 Å². The van der Waals surface area contributed by atoms with Crippen LogP contribution in [0.25, 0.3) is 11.3 Å². The molecule has 0 saturated carbocycles. The highest BCUT2D eigenvalue weighted by atomic mass is 32.2. The van der Waals surface area contributed by atoms with E-state index in [1.54, 1.807) is 18.2 Å². The Morgan fingerprint density at radius 2 is 1.69 bits per heavy atom. The lowest BCUT2D eigenvalue weighted by molar-refractivity contribution is 0.0241. The zero-order chi connectivity index (χ0) is 32.3. The highest BCUT2D eigenvalue weighted by Crippen LogP contribution is 2.41. The Labute approximate surface area is 265 Å². The van der Waals surface area contributed by atoms with Gasteiger partial charge in [0.1, 0.15) is 6.10 Å². The summed E-state index contributed by atoms with van der Waals surface area (Å²) in [6.45, 7) is 15.1. The Bertz CT molecular complexity index is 1890. The van der Waals surface area contributed by atoms with E-state index < -0.39 is 16.1 Å². The summed E-state index contributed by atoms with van der Waals surface area (Å²) in [7, 11) is -4.13. The average Bonchev–Trinajstić information content (AvgIpc) is 2.96. The molecular formula is C36H40N4O4S. The van der Waals surface area contributed by atoms with Gasteiger partial charge in [0.25, 0.3) is 15.9 Å². The number of hydrogen-bond donors (Lipinski definition) is 1. The third-order valence-corrected chi connectivity index (χ3v) is 10.0. The van der Waals surface area contributed by atoms with Crippen LogP contribution in [0, 0.1) is 19.8 Å². The second kappa shape index (κ2) is 11.3. The number of sulfonamides is 1. The molecule has 1 aromatic heterocycles. The summed E-state index contributed by atoms with van der Waals surface area (Å²) in [5, 5.41) is 0. The van der Waals surface area contributed by atoms with Crippen molar-refractivity contribution in [3.8, 4) is 17.1 Å². The van der Waals surface area contributed by atoms with Gasteiger partial charge in [-0.15, -0.1) is 0 Å². The molecule has 3 heterocycles. The van der Waals surface area contributed by atoms with Crippen LogP contribution in [0.3, 0.4) is 0 Å². The lowest BCUT2D eigenvalue weighted by Crippen LogP contribution is -2.49. The number of aryl methyl sites for hydroxylation is 2. The van der Waals surface area contributed by atoms with E-state index >= 15 is 0 Å². The Balaban J connectivity index is 1.63. The van der Waals surface area contributed by atoms with E-state index in [1.807, 2.05) is 36.9 Å². The normalized spacial score (nSPS) is 19.0. The van der Waals surface area contributed by atoms with Crippen LogP contribution in [0.4, 0.5) is 5.95 Å². The molecule has 3 aromatic carbocycles. The van der Waals surface area contributed by atoms with Gasteiger partial charge < -0.3 is 9.64 Å². The Morgan fingerprint density at radius 3 is 2.38 bits per heavy atom. The van der Waals surface area contributed by atoms with E-state index in [-0.39, 0.29) is 40.0 Å². The van der Waals surface area contributed by atoms with Crippen molar-refractivity contribution in [2.45, 2.75) is 83.9 Å². The van der Waals surface area contributed by atoms with Crippen molar-refractivity contribution in [1.82, 2.24) is 14.9 Å². The van der Waals surface area contributed by atoms with Crippen molar-refractivity contribution in [2.24, 2.45) is 5.92 Å². The van der Waals surface area contributed by atoms with E-state index in [9.17, 15) is 13.2 Å². The van der Waals surface area contributed by atoms with Crippen molar-refractivity contribution in [3.63, 3.8) is 0 Å². The monoisotopic (exact) mass is 624 g/mol. The van der Waals surface area contributed by atoms with Gasteiger partial charge in [0.15, 0.2) is 0 Å². The average molecular weight is 625 g/mol. The number of benzene rings is 3. The zero-order valence-corrected chi connectivity index (χ0v) is 27.7. The van der Waals surface area contributed by atoms with E-state index in [1.165, 1.54) is 12.1 Å². The minimum Gasteiger partial charge on any atom is -0.467 e. The number of nitrogens with one attached hydrogen (secondary N) is 1. The number of ether oxygens (including phenoxy) is 1. The van der Waals surface area contributed by atoms with Crippen molar-refractivity contribution >= 4 is 21.9 Å². The Kier molecular flexibility index (Phi) is 7.72. The van der Waals surface area contributed by atoms with Gasteiger partial charge in [0, 0.05) is 23.7 Å². The van der Waals surface area contributed by atoms with Gasteiger partial charge in [-0.25, -0.2) is 18.1 Å². The molecule has 45 heavy (non-hydrogen) atoms. The highest BCUT2D eigenvalue weighted by Gasteiger charge is 2.41. The summed E-state index contributed by atoms with van der Waals surface area (Å²) < 4.78 is 36.7. The smallest absolute Gasteiger partial charge is 0.264 e. The number of hydrogen-bond acceptors (Lipinski definition) is 6.